The third-order valence-electron chi connectivity index (χ3n) is 5.73. The van der Waals surface area contributed by atoms with Gasteiger partial charge in [-0.05, 0) is 52.0 Å². The highest BCUT2D eigenvalue weighted by Gasteiger charge is 2.58. The van der Waals surface area contributed by atoms with Gasteiger partial charge < -0.3 is 10.1 Å². The lowest BCUT2D eigenvalue weighted by Crippen LogP contribution is -2.53. The number of nitrogens with zero attached hydrogens (tertiary/aromatic N) is 1. The van der Waals surface area contributed by atoms with Crippen molar-refractivity contribution in [3.63, 3.8) is 0 Å². The Hall–Kier alpha value is -1.10. The molecule has 0 aromatic heterocycles. The summed E-state index contributed by atoms with van der Waals surface area (Å²) in [6.45, 7) is 4.22. The summed E-state index contributed by atoms with van der Waals surface area (Å²) in [5.74, 6) is -0.441. The summed E-state index contributed by atoms with van der Waals surface area (Å²) >= 11 is 0. The molecule has 1 aliphatic heterocycles. The van der Waals surface area contributed by atoms with Gasteiger partial charge in [-0.1, -0.05) is 19.3 Å². The minimum atomic E-state index is -0.872. The molecule has 2 aliphatic carbocycles. The molecule has 0 spiro atoms. The van der Waals surface area contributed by atoms with Crippen molar-refractivity contribution in [3.8, 4) is 0 Å². The third-order valence-corrected chi connectivity index (χ3v) is 5.73. The van der Waals surface area contributed by atoms with Crippen molar-refractivity contribution < 1.29 is 14.3 Å². The molecular formula is C18H30N2O3. The molecule has 1 heterocycles. The number of nitrogens with one attached hydrogen (secondary N) is 1. The molecule has 1 atom stereocenters. The van der Waals surface area contributed by atoms with E-state index in [0.29, 0.717) is 25.5 Å². The quantitative estimate of drug-likeness (QED) is 0.623. The maximum Gasteiger partial charge on any atom is 0.321 e. The second-order valence-corrected chi connectivity index (χ2v) is 7.40. The Kier molecular flexibility index (Phi) is 5.24. The molecule has 1 unspecified atom stereocenters. The van der Waals surface area contributed by atoms with Gasteiger partial charge in [0.2, 0.25) is 5.91 Å². The Labute approximate surface area is 139 Å². The van der Waals surface area contributed by atoms with E-state index in [1.54, 1.807) is 6.92 Å². The Balaban J connectivity index is 1.53. The van der Waals surface area contributed by atoms with Crippen molar-refractivity contribution in [1.82, 2.24) is 10.2 Å². The van der Waals surface area contributed by atoms with Gasteiger partial charge in [-0.2, -0.15) is 0 Å². The van der Waals surface area contributed by atoms with Crippen LogP contribution in [-0.4, -0.2) is 48.6 Å². The van der Waals surface area contributed by atoms with E-state index in [1.807, 2.05) is 0 Å². The fourth-order valence-electron chi connectivity index (χ4n) is 4.14. The minimum Gasteiger partial charge on any atom is -0.465 e. The molecule has 23 heavy (non-hydrogen) atoms. The van der Waals surface area contributed by atoms with Crippen LogP contribution in [0.5, 0.6) is 0 Å². The third kappa shape index (κ3) is 3.70. The van der Waals surface area contributed by atoms with Crippen LogP contribution in [0.25, 0.3) is 0 Å². The average molecular weight is 322 g/mol. The van der Waals surface area contributed by atoms with Crippen molar-refractivity contribution in [2.75, 3.05) is 19.7 Å². The number of ether oxygens (including phenoxy) is 1. The SMILES string of the molecule is CCOC(=O)C1(C(=O)NC2CCCN(C3CCCCC3)C2)CC1. The first-order chi connectivity index (χ1) is 11.2. The summed E-state index contributed by atoms with van der Waals surface area (Å²) < 4.78 is 5.09. The first-order valence-electron chi connectivity index (χ1n) is 9.38. The number of esters is 1. The van der Waals surface area contributed by atoms with Crippen molar-refractivity contribution in [1.29, 1.82) is 0 Å². The van der Waals surface area contributed by atoms with Crippen molar-refractivity contribution in [2.24, 2.45) is 5.41 Å². The number of piperidine rings is 1. The number of amides is 1. The fraction of sp³-hybridized carbons (Fsp3) is 0.889. The zero-order valence-corrected chi connectivity index (χ0v) is 14.3. The molecule has 3 aliphatic rings. The molecule has 130 valence electrons. The number of likely N-dealkylation sites (tertiary alicyclic amines) is 1. The van der Waals surface area contributed by atoms with Crippen LogP contribution < -0.4 is 5.32 Å². The molecule has 1 N–H and O–H groups in total. The van der Waals surface area contributed by atoms with Crippen LogP contribution in [0, 0.1) is 5.41 Å². The van der Waals surface area contributed by atoms with Crippen LogP contribution >= 0.6 is 0 Å². The number of carbonyl (C=O) groups is 2. The summed E-state index contributed by atoms with van der Waals surface area (Å²) in [5.41, 5.74) is -0.872. The van der Waals surface area contributed by atoms with E-state index in [2.05, 4.69) is 10.2 Å². The van der Waals surface area contributed by atoms with Crippen molar-refractivity contribution in [3.05, 3.63) is 0 Å². The van der Waals surface area contributed by atoms with Crippen molar-refractivity contribution in [2.45, 2.75) is 76.8 Å². The summed E-state index contributed by atoms with van der Waals surface area (Å²) in [7, 11) is 0. The molecule has 0 aromatic rings. The van der Waals surface area contributed by atoms with Gasteiger partial charge in [0.25, 0.3) is 0 Å². The summed E-state index contributed by atoms with van der Waals surface area (Å²) in [6.07, 6.45) is 10.1. The summed E-state index contributed by atoms with van der Waals surface area (Å²) in [5, 5.41) is 3.15. The summed E-state index contributed by atoms with van der Waals surface area (Å²) in [4.78, 5) is 27.2. The van der Waals surface area contributed by atoms with E-state index < -0.39 is 5.41 Å². The van der Waals surface area contributed by atoms with E-state index in [4.69, 9.17) is 4.74 Å². The average Bonchev–Trinajstić information content (AvgIpc) is 3.38. The smallest absolute Gasteiger partial charge is 0.321 e. The molecule has 5 nitrogen and oxygen atoms in total. The number of hydrogen-bond acceptors (Lipinski definition) is 4. The molecule has 5 heteroatoms. The molecule has 1 saturated heterocycles. The van der Waals surface area contributed by atoms with Gasteiger partial charge in [-0.25, -0.2) is 0 Å². The Morgan fingerprint density at radius 2 is 1.87 bits per heavy atom. The van der Waals surface area contributed by atoms with Crippen LogP contribution in [0.3, 0.4) is 0 Å². The topological polar surface area (TPSA) is 58.6 Å². The maximum atomic E-state index is 12.6. The van der Waals surface area contributed by atoms with Gasteiger partial charge in [0.05, 0.1) is 6.61 Å². The Morgan fingerprint density at radius 3 is 2.52 bits per heavy atom. The zero-order chi connectivity index (χ0) is 16.3. The highest BCUT2D eigenvalue weighted by atomic mass is 16.5. The standard InChI is InChI=1S/C18H30N2O3/c1-2-23-17(22)18(10-11-18)16(21)19-14-7-6-12-20(13-14)15-8-4-3-5-9-15/h14-15H,2-13H2,1H3,(H,19,21). The second-order valence-electron chi connectivity index (χ2n) is 7.40. The van der Waals surface area contributed by atoms with E-state index in [1.165, 1.54) is 32.1 Å². The van der Waals surface area contributed by atoms with Crippen LogP contribution in [0.4, 0.5) is 0 Å². The minimum absolute atomic E-state index is 0.105. The van der Waals surface area contributed by atoms with Gasteiger partial charge in [0.1, 0.15) is 5.41 Å². The second kappa shape index (κ2) is 7.20. The van der Waals surface area contributed by atoms with Gasteiger partial charge >= 0.3 is 5.97 Å². The molecule has 0 radical (unpaired) electrons. The van der Waals surface area contributed by atoms with Crippen LogP contribution in [0.2, 0.25) is 0 Å². The summed E-state index contributed by atoms with van der Waals surface area (Å²) in [6, 6.07) is 0.883. The van der Waals surface area contributed by atoms with E-state index in [0.717, 1.165) is 25.9 Å². The monoisotopic (exact) mass is 322 g/mol. The lowest BCUT2D eigenvalue weighted by atomic mass is 9.92. The first kappa shape index (κ1) is 16.7. The van der Waals surface area contributed by atoms with E-state index in [-0.39, 0.29) is 17.9 Å². The lowest BCUT2D eigenvalue weighted by molar-refractivity contribution is -0.154. The van der Waals surface area contributed by atoms with Gasteiger partial charge in [-0.15, -0.1) is 0 Å². The van der Waals surface area contributed by atoms with Crippen LogP contribution in [0.15, 0.2) is 0 Å². The lowest BCUT2D eigenvalue weighted by Gasteiger charge is -2.40. The highest BCUT2D eigenvalue weighted by molar-refractivity contribution is 6.05. The van der Waals surface area contributed by atoms with Gasteiger partial charge in [0, 0.05) is 18.6 Å². The van der Waals surface area contributed by atoms with Gasteiger partial charge in [0.15, 0.2) is 0 Å². The number of carbonyl (C=O) groups excluding carboxylic acids is 2. The van der Waals surface area contributed by atoms with Crippen LogP contribution in [-0.2, 0) is 14.3 Å². The highest BCUT2D eigenvalue weighted by Crippen LogP contribution is 2.47. The zero-order valence-electron chi connectivity index (χ0n) is 14.3. The van der Waals surface area contributed by atoms with Crippen molar-refractivity contribution >= 4 is 11.9 Å². The predicted molar refractivity (Wildman–Crippen MR) is 87.9 cm³/mol. The fourth-order valence-corrected chi connectivity index (χ4v) is 4.14. The molecule has 1 amide bonds. The largest absolute Gasteiger partial charge is 0.465 e. The maximum absolute atomic E-state index is 12.6. The first-order valence-corrected chi connectivity index (χ1v) is 9.38. The van der Waals surface area contributed by atoms with E-state index >= 15 is 0 Å². The normalized spacial score (nSPS) is 28.1. The number of rotatable bonds is 5. The molecular weight excluding hydrogens is 292 g/mol. The number of hydrogen-bond donors (Lipinski definition) is 1. The Bertz CT molecular complexity index is 442. The van der Waals surface area contributed by atoms with Crippen LogP contribution in [0.1, 0.15) is 64.7 Å². The predicted octanol–water partition coefficient (Wildman–Crippen LogP) is 2.24. The molecule has 2 saturated carbocycles. The molecule has 0 aromatic carbocycles. The molecule has 0 bridgehead atoms. The van der Waals surface area contributed by atoms with Gasteiger partial charge in [-0.3, -0.25) is 14.5 Å². The van der Waals surface area contributed by atoms with E-state index in [9.17, 15) is 9.59 Å². The Morgan fingerprint density at radius 1 is 1.13 bits per heavy atom. The molecule has 3 fully saturated rings. The molecule has 3 rings (SSSR count).